The van der Waals surface area contributed by atoms with E-state index in [4.69, 9.17) is 4.99 Å². The molecule has 1 fully saturated rings. The van der Waals surface area contributed by atoms with Gasteiger partial charge in [-0.25, -0.2) is 5.06 Å². The van der Waals surface area contributed by atoms with Crippen molar-refractivity contribution in [3.05, 3.63) is 0 Å². The molecule has 1 saturated heterocycles. The predicted octanol–water partition coefficient (Wildman–Crippen LogP) is 1.79. The minimum absolute atomic E-state index is 0.222. The van der Waals surface area contributed by atoms with E-state index in [0.717, 1.165) is 18.8 Å². The van der Waals surface area contributed by atoms with E-state index >= 15 is 0 Å². The molecule has 0 aromatic heterocycles. The zero-order valence-corrected chi connectivity index (χ0v) is 10.7. The van der Waals surface area contributed by atoms with Gasteiger partial charge in [0, 0.05) is 0 Å². The summed E-state index contributed by atoms with van der Waals surface area (Å²) in [7, 11) is 0. The topological polar surface area (TPSA) is 47.9 Å². The highest BCUT2D eigenvalue weighted by molar-refractivity contribution is 5.89. The van der Waals surface area contributed by atoms with E-state index in [9.17, 15) is 5.21 Å². The predicted molar refractivity (Wildman–Crippen MR) is 64.9 cm³/mol. The van der Waals surface area contributed by atoms with Crippen LogP contribution < -0.4 is 5.32 Å². The van der Waals surface area contributed by atoms with Crippen molar-refractivity contribution in [3.63, 3.8) is 0 Å². The summed E-state index contributed by atoms with van der Waals surface area (Å²) < 4.78 is 0. The Labute approximate surface area is 97.7 Å². The van der Waals surface area contributed by atoms with Crippen LogP contribution >= 0.6 is 0 Å². The van der Waals surface area contributed by atoms with Gasteiger partial charge in [-0.1, -0.05) is 6.42 Å². The van der Waals surface area contributed by atoms with Crippen molar-refractivity contribution in [3.8, 4) is 0 Å². The van der Waals surface area contributed by atoms with Crippen molar-refractivity contribution in [2.24, 2.45) is 4.99 Å². The second-order valence-corrected chi connectivity index (χ2v) is 5.90. The third-order valence-electron chi connectivity index (χ3n) is 4.26. The Kier molecular flexibility index (Phi) is 2.75. The molecule has 0 amide bonds. The molecule has 92 valence electrons. The zero-order chi connectivity index (χ0) is 12.0. The van der Waals surface area contributed by atoms with E-state index in [1.165, 1.54) is 17.9 Å². The number of rotatable bonds is 1. The molecule has 0 aromatic rings. The molecule has 2 N–H and O–H groups in total. The maximum Gasteiger partial charge on any atom is 0.142 e. The van der Waals surface area contributed by atoms with Gasteiger partial charge < -0.3 is 5.32 Å². The van der Waals surface area contributed by atoms with Crippen molar-refractivity contribution in [1.82, 2.24) is 10.4 Å². The van der Waals surface area contributed by atoms with Crippen LogP contribution in [0.25, 0.3) is 0 Å². The van der Waals surface area contributed by atoms with Crippen molar-refractivity contribution >= 4 is 5.84 Å². The maximum atomic E-state index is 10.3. The lowest BCUT2D eigenvalue weighted by molar-refractivity contribution is -0.103. The molecule has 0 bridgehead atoms. The maximum absolute atomic E-state index is 10.3. The smallest absolute Gasteiger partial charge is 0.142 e. The number of nitrogens with one attached hydrogen (secondary N) is 1. The lowest BCUT2D eigenvalue weighted by Gasteiger charge is -2.38. The largest absolute Gasteiger partial charge is 0.307 e. The molecule has 0 radical (unpaired) electrons. The second-order valence-electron chi connectivity index (χ2n) is 5.90. The fraction of sp³-hybridized carbons (Fsp3) is 0.917. The van der Waals surface area contributed by atoms with E-state index in [-0.39, 0.29) is 17.1 Å². The molecule has 1 unspecified atom stereocenters. The van der Waals surface area contributed by atoms with Crippen molar-refractivity contribution in [2.45, 2.75) is 64.1 Å². The third kappa shape index (κ3) is 1.64. The monoisotopic (exact) mass is 225 g/mol. The molecular weight excluding hydrogens is 202 g/mol. The molecule has 0 saturated carbocycles. The lowest BCUT2D eigenvalue weighted by Crippen LogP contribution is -2.55. The molecule has 4 nitrogen and oxygen atoms in total. The fourth-order valence-corrected chi connectivity index (χ4v) is 2.31. The van der Waals surface area contributed by atoms with Gasteiger partial charge in [-0.05, 0) is 47.1 Å². The van der Waals surface area contributed by atoms with Gasteiger partial charge in [-0.15, -0.1) is 0 Å². The first-order chi connectivity index (χ1) is 7.36. The summed E-state index contributed by atoms with van der Waals surface area (Å²) in [6, 6.07) is 0.222. The molecule has 4 heteroatoms. The summed E-state index contributed by atoms with van der Waals surface area (Å²) in [4.78, 5) is 4.71. The SMILES string of the molecule is CC1(C)N=C(C2CCCCN2)N(O)C1(C)C. The summed E-state index contributed by atoms with van der Waals surface area (Å²) in [6.45, 7) is 9.25. The Morgan fingerprint density at radius 3 is 2.44 bits per heavy atom. The van der Waals surface area contributed by atoms with Gasteiger partial charge in [0.15, 0.2) is 0 Å². The number of hydrogen-bond donors (Lipinski definition) is 2. The molecule has 2 aliphatic heterocycles. The van der Waals surface area contributed by atoms with Gasteiger partial charge in [-0.3, -0.25) is 10.2 Å². The first-order valence-electron chi connectivity index (χ1n) is 6.18. The Morgan fingerprint density at radius 1 is 1.31 bits per heavy atom. The Bertz CT molecular complexity index is 303. The second kappa shape index (κ2) is 3.70. The van der Waals surface area contributed by atoms with Crippen LogP contribution in [0, 0.1) is 0 Å². The molecule has 1 atom stereocenters. The van der Waals surface area contributed by atoms with Gasteiger partial charge >= 0.3 is 0 Å². The summed E-state index contributed by atoms with van der Waals surface area (Å²) >= 11 is 0. The van der Waals surface area contributed by atoms with E-state index in [1.54, 1.807) is 0 Å². The zero-order valence-electron chi connectivity index (χ0n) is 10.7. The minimum Gasteiger partial charge on any atom is -0.307 e. The Hall–Kier alpha value is -0.610. The number of aliphatic imine (C=N–C) groups is 1. The molecule has 0 aliphatic carbocycles. The van der Waals surface area contributed by atoms with E-state index in [2.05, 4.69) is 19.2 Å². The van der Waals surface area contributed by atoms with Crippen LogP contribution in [-0.2, 0) is 0 Å². The van der Waals surface area contributed by atoms with Crippen LogP contribution in [0.1, 0.15) is 47.0 Å². The van der Waals surface area contributed by atoms with Gasteiger partial charge in [0.05, 0.1) is 17.1 Å². The number of piperidine rings is 1. The van der Waals surface area contributed by atoms with Crippen LogP contribution in [0.2, 0.25) is 0 Å². The van der Waals surface area contributed by atoms with Crippen LogP contribution in [-0.4, -0.2) is 39.8 Å². The van der Waals surface area contributed by atoms with Gasteiger partial charge in [-0.2, -0.15) is 0 Å². The number of hydrogen-bond acceptors (Lipinski definition) is 4. The fourth-order valence-electron chi connectivity index (χ4n) is 2.31. The summed E-state index contributed by atoms with van der Waals surface area (Å²) in [5.41, 5.74) is -0.572. The minimum atomic E-state index is -0.332. The molecule has 2 aliphatic rings. The third-order valence-corrected chi connectivity index (χ3v) is 4.26. The first kappa shape index (κ1) is 11.9. The normalized spacial score (nSPS) is 32.7. The Morgan fingerprint density at radius 2 is 2.00 bits per heavy atom. The van der Waals surface area contributed by atoms with Crippen LogP contribution in [0.15, 0.2) is 4.99 Å². The van der Waals surface area contributed by atoms with Crippen molar-refractivity contribution < 1.29 is 5.21 Å². The van der Waals surface area contributed by atoms with Crippen molar-refractivity contribution in [1.29, 1.82) is 0 Å². The highest BCUT2D eigenvalue weighted by atomic mass is 16.5. The van der Waals surface area contributed by atoms with Gasteiger partial charge in [0.1, 0.15) is 5.84 Å². The van der Waals surface area contributed by atoms with Crippen LogP contribution in [0.4, 0.5) is 0 Å². The quantitative estimate of drug-likeness (QED) is 0.715. The van der Waals surface area contributed by atoms with E-state index < -0.39 is 0 Å². The summed E-state index contributed by atoms with van der Waals surface area (Å²) in [5, 5.41) is 15.1. The first-order valence-corrected chi connectivity index (χ1v) is 6.18. The molecule has 2 rings (SSSR count). The van der Waals surface area contributed by atoms with Gasteiger partial charge in [0.25, 0.3) is 0 Å². The average Bonchev–Trinajstić information content (AvgIpc) is 2.40. The average molecular weight is 225 g/mol. The molecule has 2 heterocycles. The number of amidine groups is 1. The lowest BCUT2D eigenvalue weighted by atomic mass is 9.84. The van der Waals surface area contributed by atoms with Crippen LogP contribution in [0.3, 0.4) is 0 Å². The summed E-state index contributed by atoms with van der Waals surface area (Å²) in [5.74, 6) is 0.815. The van der Waals surface area contributed by atoms with Gasteiger partial charge in [0.2, 0.25) is 0 Å². The molecule has 0 spiro atoms. The highest BCUT2D eigenvalue weighted by Crippen LogP contribution is 2.37. The molecule has 16 heavy (non-hydrogen) atoms. The number of nitrogens with zero attached hydrogens (tertiary/aromatic N) is 2. The highest BCUT2D eigenvalue weighted by Gasteiger charge is 2.50. The summed E-state index contributed by atoms with van der Waals surface area (Å²) in [6.07, 6.45) is 3.51. The number of hydroxylamine groups is 2. The van der Waals surface area contributed by atoms with E-state index in [1.807, 2.05) is 13.8 Å². The molecule has 0 aromatic carbocycles. The van der Waals surface area contributed by atoms with Crippen molar-refractivity contribution in [2.75, 3.05) is 6.54 Å². The molecular formula is C12H23N3O. The van der Waals surface area contributed by atoms with E-state index in [0.29, 0.717) is 0 Å². The van der Waals surface area contributed by atoms with Crippen LogP contribution in [0.5, 0.6) is 0 Å². The standard InChI is InChI=1S/C12H23N3O/c1-11(2)12(3,4)15(16)10(14-11)9-7-5-6-8-13-9/h9,13,16H,5-8H2,1-4H3. The Balaban J connectivity index is 2.22.